The zero-order valence-corrected chi connectivity index (χ0v) is 19.2. The van der Waals surface area contributed by atoms with Crippen LogP contribution in [0.2, 0.25) is 0 Å². The van der Waals surface area contributed by atoms with Crippen molar-refractivity contribution in [2.45, 2.75) is 46.0 Å². The average molecular weight is 453 g/mol. The van der Waals surface area contributed by atoms with Crippen molar-refractivity contribution in [2.24, 2.45) is 0 Å². The van der Waals surface area contributed by atoms with Crippen molar-refractivity contribution in [1.82, 2.24) is 10.6 Å². The average Bonchev–Trinajstić information content (AvgIpc) is 2.81. The molecule has 0 bridgehead atoms. The molecule has 8 nitrogen and oxygen atoms in total. The molecule has 0 unspecified atom stereocenters. The molecule has 2 aromatic carbocycles. The Balaban J connectivity index is 1.71. The van der Waals surface area contributed by atoms with Crippen molar-refractivity contribution in [3.63, 3.8) is 0 Å². The van der Waals surface area contributed by atoms with E-state index in [1.807, 2.05) is 13.8 Å². The second-order valence-corrected chi connectivity index (χ2v) is 7.62. The highest BCUT2D eigenvalue weighted by molar-refractivity contribution is 5.97. The molecule has 2 rings (SSSR count). The van der Waals surface area contributed by atoms with Crippen LogP contribution in [0.1, 0.15) is 66.7 Å². The highest BCUT2D eigenvalue weighted by atomic mass is 16.2. The molecule has 33 heavy (non-hydrogen) atoms. The van der Waals surface area contributed by atoms with Gasteiger partial charge in [0.05, 0.1) is 0 Å². The summed E-state index contributed by atoms with van der Waals surface area (Å²) in [5, 5.41) is 11.1. The number of carbonyl (C=O) groups excluding carboxylic acids is 4. The zero-order valence-electron chi connectivity index (χ0n) is 19.2. The molecular formula is C25H32N4O4. The van der Waals surface area contributed by atoms with Gasteiger partial charge in [-0.25, -0.2) is 0 Å². The number of hydrogen-bond donors (Lipinski definition) is 4. The maximum absolute atomic E-state index is 12.1. The maximum Gasteiger partial charge on any atom is 0.251 e. The number of rotatable bonds is 12. The second-order valence-electron chi connectivity index (χ2n) is 7.62. The molecule has 0 fully saturated rings. The summed E-state index contributed by atoms with van der Waals surface area (Å²) in [6, 6.07) is 13.4. The highest BCUT2D eigenvalue weighted by Crippen LogP contribution is 2.12. The highest BCUT2D eigenvalue weighted by Gasteiger charge is 2.09. The number of anilines is 2. The van der Waals surface area contributed by atoms with E-state index in [0.717, 1.165) is 12.8 Å². The van der Waals surface area contributed by atoms with Gasteiger partial charge in [0.15, 0.2) is 0 Å². The minimum absolute atomic E-state index is 0.143. The van der Waals surface area contributed by atoms with Crippen LogP contribution in [0.15, 0.2) is 48.5 Å². The summed E-state index contributed by atoms with van der Waals surface area (Å²) in [6.45, 7) is 5.20. The Morgan fingerprint density at radius 1 is 0.606 bits per heavy atom. The van der Waals surface area contributed by atoms with Gasteiger partial charge in [-0.05, 0) is 67.8 Å². The molecule has 176 valence electrons. The van der Waals surface area contributed by atoms with E-state index in [4.69, 9.17) is 0 Å². The fourth-order valence-electron chi connectivity index (χ4n) is 2.95. The van der Waals surface area contributed by atoms with Gasteiger partial charge in [0.2, 0.25) is 11.8 Å². The van der Waals surface area contributed by atoms with E-state index in [9.17, 15) is 19.2 Å². The fraction of sp³-hybridized carbons (Fsp3) is 0.360. The van der Waals surface area contributed by atoms with E-state index in [-0.39, 0.29) is 36.5 Å². The molecule has 0 atom stereocenters. The molecule has 0 saturated carbocycles. The molecule has 0 spiro atoms. The topological polar surface area (TPSA) is 116 Å². The van der Waals surface area contributed by atoms with Crippen molar-refractivity contribution in [3.8, 4) is 0 Å². The molecule has 0 aliphatic carbocycles. The summed E-state index contributed by atoms with van der Waals surface area (Å²) in [6.07, 6.45) is 2.52. The van der Waals surface area contributed by atoms with Gasteiger partial charge in [-0.1, -0.05) is 13.8 Å². The maximum atomic E-state index is 12.1. The molecule has 0 aromatic heterocycles. The summed E-state index contributed by atoms with van der Waals surface area (Å²) in [5.41, 5.74) is 2.26. The Kier molecular flexibility index (Phi) is 10.6. The number of benzene rings is 2. The summed E-state index contributed by atoms with van der Waals surface area (Å²) in [7, 11) is 0. The van der Waals surface area contributed by atoms with Crippen LogP contribution < -0.4 is 21.3 Å². The van der Waals surface area contributed by atoms with Crippen LogP contribution in [0.5, 0.6) is 0 Å². The molecule has 4 N–H and O–H groups in total. The van der Waals surface area contributed by atoms with E-state index in [1.54, 1.807) is 48.5 Å². The van der Waals surface area contributed by atoms with Crippen molar-refractivity contribution in [3.05, 3.63) is 59.7 Å². The third kappa shape index (κ3) is 9.14. The van der Waals surface area contributed by atoms with Gasteiger partial charge in [-0.2, -0.15) is 0 Å². The van der Waals surface area contributed by atoms with Crippen molar-refractivity contribution < 1.29 is 19.2 Å². The van der Waals surface area contributed by atoms with Crippen molar-refractivity contribution in [2.75, 3.05) is 23.7 Å². The molecule has 0 saturated heterocycles. The van der Waals surface area contributed by atoms with Crippen LogP contribution in [-0.2, 0) is 9.59 Å². The first-order valence-corrected chi connectivity index (χ1v) is 11.3. The van der Waals surface area contributed by atoms with Gasteiger partial charge in [0.25, 0.3) is 11.8 Å². The number of amides is 4. The zero-order chi connectivity index (χ0) is 24.1. The van der Waals surface area contributed by atoms with Crippen molar-refractivity contribution >= 4 is 35.0 Å². The Labute approximate surface area is 194 Å². The molecule has 0 aliphatic rings. The van der Waals surface area contributed by atoms with Gasteiger partial charge in [-0.15, -0.1) is 0 Å². The lowest BCUT2D eigenvalue weighted by Crippen LogP contribution is -2.23. The van der Waals surface area contributed by atoms with Gasteiger partial charge in [0, 0.05) is 48.4 Å². The lowest BCUT2D eigenvalue weighted by atomic mass is 10.1. The predicted octanol–water partition coefficient (Wildman–Crippen LogP) is 3.71. The molecule has 0 heterocycles. The Hall–Kier alpha value is -3.68. The monoisotopic (exact) mass is 452 g/mol. The van der Waals surface area contributed by atoms with E-state index < -0.39 is 0 Å². The quantitative estimate of drug-likeness (QED) is 0.393. The van der Waals surface area contributed by atoms with E-state index in [0.29, 0.717) is 42.0 Å². The Morgan fingerprint density at radius 3 is 1.30 bits per heavy atom. The van der Waals surface area contributed by atoms with E-state index in [1.165, 1.54) is 0 Å². The standard InChI is InChI=1S/C25H32N4O4/c1-3-16-26-24(32)18-8-12-20(13-9-18)28-22(30)6-5-7-23(31)29-21-14-10-19(11-15-21)25(33)27-17-4-2/h8-15H,3-7,16-17H2,1-2H3,(H,26,32)(H,27,33)(H,28,30)(H,29,31). The number of carbonyl (C=O) groups is 4. The summed E-state index contributed by atoms with van der Waals surface area (Å²) in [5.74, 6) is -0.688. The lowest BCUT2D eigenvalue weighted by molar-refractivity contribution is -0.117. The minimum Gasteiger partial charge on any atom is -0.352 e. The fourth-order valence-corrected chi connectivity index (χ4v) is 2.95. The molecular weight excluding hydrogens is 420 g/mol. The summed E-state index contributed by atoms with van der Waals surface area (Å²) in [4.78, 5) is 48.1. The third-order valence-corrected chi connectivity index (χ3v) is 4.74. The second kappa shape index (κ2) is 13.7. The SMILES string of the molecule is CCCNC(=O)c1ccc(NC(=O)CCCC(=O)Nc2ccc(C(=O)NCCC)cc2)cc1. The first kappa shape index (κ1) is 25.6. The molecule has 0 radical (unpaired) electrons. The van der Waals surface area contributed by atoms with E-state index in [2.05, 4.69) is 21.3 Å². The Bertz CT molecular complexity index is 862. The summed E-state index contributed by atoms with van der Waals surface area (Å²) < 4.78 is 0. The smallest absolute Gasteiger partial charge is 0.251 e. The van der Waals surface area contributed by atoms with Gasteiger partial charge in [0.1, 0.15) is 0 Å². The van der Waals surface area contributed by atoms with Gasteiger partial charge in [-0.3, -0.25) is 19.2 Å². The first-order valence-electron chi connectivity index (χ1n) is 11.3. The first-order chi connectivity index (χ1) is 15.9. The minimum atomic E-state index is -0.201. The summed E-state index contributed by atoms with van der Waals surface area (Å²) >= 11 is 0. The van der Waals surface area contributed by atoms with Crippen LogP contribution in [0.3, 0.4) is 0 Å². The molecule has 8 heteroatoms. The van der Waals surface area contributed by atoms with Crippen LogP contribution >= 0.6 is 0 Å². The normalized spacial score (nSPS) is 10.2. The molecule has 2 aromatic rings. The molecule has 4 amide bonds. The largest absolute Gasteiger partial charge is 0.352 e. The Morgan fingerprint density at radius 2 is 0.970 bits per heavy atom. The number of hydrogen-bond acceptors (Lipinski definition) is 4. The van der Waals surface area contributed by atoms with Crippen molar-refractivity contribution in [1.29, 1.82) is 0 Å². The van der Waals surface area contributed by atoms with Gasteiger partial charge >= 0.3 is 0 Å². The van der Waals surface area contributed by atoms with E-state index >= 15 is 0 Å². The third-order valence-electron chi connectivity index (χ3n) is 4.74. The lowest BCUT2D eigenvalue weighted by Gasteiger charge is -2.08. The molecule has 0 aliphatic heterocycles. The predicted molar refractivity (Wildman–Crippen MR) is 129 cm³/mol. The van der Waals surface area contributed by atoms with Crippen LogP contribution in [0, 0.1) is 0 Å². The number of nitrogens with one attached hydrogen (secondary N) is 4. The van der Waals surface area contributed by atoms with Crippen LogP contribution in [0.25, 0.3) is 0 Å². The van der Waals surface area contributed by atoms with Gasteiger partial charge < -0.3 is 21.3 Å². The van der Waals surface area contributed by atoms with Crippen LogP contribution in [0.4, 0.5) is 11.4 Å². The van der Waals surface area contributed by atoms with Crippen LogP contribution in [-0.4, -0.2) is 36.7 Å².